The van der Waals surface area contributed by atoms with E-state index in [4.69, 9.17) is 4.74 Å². The number of fused-ring (bicyclic) bond motifs is 2. The number of rotatable bonds is 1. The normalized spacial score (nSPS) is 28.2. The lowest BCUT2D eigenvalue weighted by Crippen LogP contribution is -2.53. The molecule has 1 saturated carbocycles. The highest BCUT2D eigenvalue weighted by Gasteiger charge is 2.38. The van der Waals surface area contributed by atoms with E-state index in [1.54, 1.807) is 0 Å². The summed E-state index contributed by atoms with van der Waals surface area (Å²) in [4.78, 5) is 19.2. The maximum absolute atomic E-state index is 12.9. The number of amides is 1. The molecule has 0 unspecified atom stereocenters. The van der Waals surface area contributed by atoms with Crippen LogP contribution < -0.4 is 5.32 Å². The molecule has 0 aromatic carbocycles. The molecular formula is C17H25Cl2N3O2. The molecule has 5 nitrogen and oxygen atoms in total. The van der Waals surface area contributed by atoms with Gasteiger partial charge in [0, 0.05) is 43.5 Å². The van der Waals surface area contributed by atoms with E-state index < -0.39 is 0 Å². The molecular weight excluding hydrogens is 349 g/mol. The third kappa shape index (κ3) is 3.69. The van der Waals surface area contributed by atoms with Gasteiger partial charge in [0.25, 0.3) is 0 Å². The molecule has 1 aromatic heterocycles. The van der Waals surface area contributed by atoms with Crippen LogP contribution in [0.15, 0.2) is 12.3 Å². The van der Waals surface area contributed by atoms with Gasteiger partial charge in [-0.2, -0.15) is 0 Å². The predicted octanol–water partition coefficient (Wildman–Crippen LogP) is 2.23. The van der Waals surface area contributed by atoms with Crippen molar-refractivity contribution >= 4 is 30.7 Å². The molecule has 134 valence electrons. The van der Waals surface area contributed by atoms with Crippen molar-refractivity contribution in [1.29, 1.82) is 0 Å². The molecule has 1 saturated heterocycles. The standard InChI is InChI=1S/C17H23N3O2.2ClH/c1-11-6-13-9-20(10-14(13)8-19-11)17(21)12-2-3-16-15(7-12)18-4-5-22-16;;/h6,8,12,15-16,18H,2-5,7,9-10H2,1H3;2*1H/t12-,15+,16+;;/m0../s1. The number of hydrogen-bond donors (Lipinski definition) is 1. The Balaban J connectivity index is 0.00000104. The van der Waals surface area contributed by atoms with Gasteiger partial charge in [-0.25, -0.2) is 0 Å². The molecule has 1 aliphatic carbocycles. The van der Waals surface area contributed by atoms with E-state index >= 15 is 0 Å². The molecule has 1 aromatic rings. The summed E-state index contributed by atoms with van der Waals surface area (Å²) in [5.74, 6) is 0.443. The van der Waals surface area contributed by atoms with Gasteiger partial charge in [-0.15, -0.1) is 24.8 Å². The first-order valence-corrected chi connectivity index (χ1v) is 8.29. The summed E-state index contributed by atoms with van der Waals surface area (Å²) in [5, 5.41) is 3.52. The molecule has 4 rings (SSSR count). The smallest absolute Gasteiger partial charge is 0.226 e. The summed E-state index contributed by atoms with van der Waals surface area (Å²) in [6.45, 7) is 5.17. The fourth-order valence-corrected chi connectivity index (χ4v) is 4.05. The highest BCUT2D eigenvalue weighted by Crippen LogP contribution is 2.32. The molecule has 2 fully saturated rings. The Hall–Kier alpha value is -0.880. The van der Waals surface area contributed by atoms with Crippen LogP contribution in [0.2, 0.25) is 0 Å². The van der Waals surface area contributed by atoms with E-state index in [0.29, 0.717) is 18.1 Å². The predicted molar refractivity (Wildman–Crippen MR) is 96.6 cm³/mol. The van der Waals surface area contributed by atoms with Crippen LogP contribution in [0.25, 0.3) is 0 Å². The highest BCUT2D eigenvalue weighted by atomic mass is 35.5. The van der Waals surface area contributed by atoms with E-state index in [9.17, 15) is 4.79 Å². The quantitative estimate of drug-likeness (QED) is 0.819. The zero-order chi connectivity index (χ0) is 15.1. The second-order valence-electron chi connectivity index (χ2n) is 6.77. The Kier molecular flexibility index (Phi) is 6.48. The van der Waals surface area contributed by atoms with Gasteiger partial charge in [0.05, 0.1) is 12.7 Å². The lowest BCUT2D eigenvalue weighted by Gasteiger charge is -2.40. The van der Waals surface area contributed by atoms with Crippen LogP contribution in [0.3, 0.4) is 0 Å². The summed E-state index contributed by atoms with van der Waals surface area (Å²) in [7, 11) is 0. The Morgan fingerprint density at radius 3 is 2.92 bits per heavy atom. The molecule has 3 aliphatic rings. The van der Waals surface area contributed by atoms with E-state index in [1.807, 2.05) is 18.0 Å². The van der Waals surface area contributed by atoms with Gasteiger partial charge in [-0.05, 0) is 43.4 Å². The van der Waals surface area contributed by atoms with Gasteiger partial charge >= 0.3 is 0 Å². The molecule has 0 spiro atoms. The number of aromatic nitrogens is 1. The molecule has 1 N–H and O–H groups in total. The monoisotopic (exact) mass is 373 g/mol. The summed E-state index contributed by atoms with van der Waals surface area (Å²) in [6, 6.07) is 2.46. The summed E-state index contributed by atoms with van der Waals surface area (Å²) in [5.41, 5.74) is 3.48. The number of aryl methyl sites for hydroxylation is 1. The molecule has 0 radical (unpaired) electrons. The van der Waals surface area contributed by atoms with Crippen molar-refractivity contribution in [2.45, 2.75) is 51.4 Å². The van der Waals surface area contributed by atoms with Crippen LogP contribution in [0.4, 0.5) is 0 Å². The minimum Gasteiger partial charge on any atom is -0.375 e. The number of pyridine rings is 1. The number of carbonyl (C=O) groups excluding carboxylic acids is 1. The third-order valence-corrected chi connectivity index (χ3v) is 5.23. The largest absolute Gasteiger partial charge is 0.375 e. The minimum atomic E-state index is 0. The first-order chi connectivity index (χ1) is 10.7. The van der Waals surface area contributed by atoms with Gasteiger partial charge in [-0.1, -0.05) is 0 Å². The van der Waals surface area contributed by atoms with Crippen LogP contribution in [-0.2, 0) is 22.6 Å². The van der Waals surface area contributed by atoms with Crippen LogP contribution in [0.5, 0.6) is 0 Å². The zero-order valence-electron chi connectivity index (χ0n) is 13.9. The molecule has 1 amide bonds. The number of halogens is 2. The van der Waals surface area contributed by atoms with E-state index in [1.165, 1.54) is 11.1 Å². The van der Waals surface area contributed by atoms with Gasteiger partial charge in [0.15, 0.2) is 0 Å². The fraction of sp³-hybridized carbons (Fsp3) is 0.647. The SMILES string of the molecule is Cc1cc2c(cn1)CN(C(=O)[C@H]1CC[C@H]3OCCN[C@@H]3C1)C2.Cl.Cl. The molecule has 0 bridgehead atoms. The Morgan fingerprint density at radius 2 is 2.08 bits per heavy atom. The second-order valence-corrected chi connectivity index (χ2v) is 6.77. The number of morpholine rings is 1. The van der Waals surface area contributed by atoms with Crippen molar-refractivity contribution in [2.24, 2.45) is 5.92 Å². The second kappa shape index (κ2) is 8.00. The van der Waals surface area contributed by atoms with Crippen molar-refractivity contribution in [3.63, 3.8) is 0 Å². The Bertz CT molecular complexity index is 599. The molecule has 7 heteroatoms. The Labute approximate surface area is 155 Å². The van der Waals surface area contributed by atoms with Crippen molar-refractivity contribution < 1.29 is 9.53 Å². The van der Waals surface area contributed by atoms with Crippen LogP contribution in [0, 0.1) is 12.8 Å². The van der Waals surface area contributed by atoms with Crippen molar-refractivity contribution in [3.05, 3.63) is 29.1 Å². The van der Waals surface area contributed by atoms with Gasteiger partial charge in [-0.3, -0.25) is 9.78 Å². The molecule has 2 aliphatic heterocycles. The zero-order valence-corrected chi connectivity index (χ0v) is 15.5. The van der Waals surface area contributed by atoms with Gasteiger partial charge in [0.1, 0.15) is 0 Å². The van der Waals surface area contributed by atoms with E-state index in [2.05, 4.69) is 16.4 Å². The van der Waals surface area contributed by atoms with Crippen molar-refractivity contribution in [3.8, 4) is 0 Å². The van der Waals surface area contributed by atoms with Gasteiger partial charge < -0.3 is 15.0 Å². The van der Waals surface area contributed by atoms with Crippen LogP contribution >= 0.6 is 24.8 Å². The number of carbonyl (C=O) groups is 1. The lowest BCUT2D eigenvalue weighted by molar-refractivity contribution is -0.139. The van der Waals surface area contributed by atoms with Crippen molar-refractivity contribution in [2.75, 3.05) is 13.2 Å². The number of nitrogens with one attached hydrogen (secondary N) is 1. The molecule has 3 atom stereocenters. The first kappa shape index (κ1) is 19.4. The van der Waals surface area contributed by atoms with Crippen molar-refractivity contribution in [1.82, 2.24) is 15.2 Å². The topological polar surface area (TPSA) is 54.5 Å². The first-order valence-electron chi connectivity index (χ1n) is 8.29. The Morgan fingerprint density at radius 1 is 1.29 bits per heavy atom. The number of ether oxygens (including phenoxy) is 1. The van der Waals surface area contributed by atoms with Crippen LogP contribution in [0.1, 0.15) is 36.1 Å². The van der Waals surface area contributed by atoms with E-state index in [0.717, 1.165) is 51.2 Å². The maximum atomic E-state index is 12.9. The summed E-state index contributed by atoms with van der Waals surface area (Å²) >= 11 is 0. The third-order valence-electron chi connectivity index (χ3n) is 5.23. The number of hydrogen-bond acceptors (Lipinski definition) is 4. The van der Waals surface area contributed by atoms with Crippen LogP contribution in [-0.4, -0.2) is 41.1 Å². The summed E-state index contributed by atoms with van der Waals surface area (Å²) in [6.07, 6.45) is 5.08. The average molecular weight is 374 g/mol. The average Bonchev–Trinajstić information content (AvgIpc) is 2.96. The van der Waals surface area contributed by atoms with E-state index in [-0.39, 0.29) is 30.7 Å². The summed E-state index contributed by atoms with van der Waals surface area (Å²) < 4.78 is 5.80. The lowest BCUT2D eigenvalue weighted by atomic mass is 9.82. The fourth-order valence-electron chi connectivity index (χ4n) is 4.05. The van der Waals surface area contributed by atoms with Gasteiger partial charge in [0.2, 0.25) is 5.91 Å². The minimum absolute atomic E-state index is 0. The maximum Gasteiger partial charge on any atom is 0.226 e. The highest BCUT2D eigenvalue weighted by molar-refractivity contribution is 5.85. The molecule has 24 heavy (non-hydrogen) atoms. The molecule has 3 heterocycles. The number of nitrogens with zero attached hydrogens (tertiary/aromatic N) is 2.